The van der Waals surface area contributed by atoms with E-state index in [0.717, 1.165) is 25.1 Å². The van der Waals surface area contributed by atoms with Gasteiger partial charge in [-0.05, 0) is 31.2 Å². The third-order valence-electron chi connectivity index (χ3n) is 2.58. The molecular formula is C14H15BrFN3. The van der Waals surface area contributed by atoms with E-state index >= 15 is 0 Å². The van der Waals surface area contributed by atoms with Gasteiger partial charge < -0.3 is 5.32 Å². The lowest BCUT2D eigenvalue weighted by Crippen LogP contribution is -2.14. The Morgan fingerprint density at radius 3 is 2.58 bits per heavy atom. The molecule has 2 aromatic rings. The van der Waals surface area contributed by atoms with Crippen molar-refractivity contribution in [1.82, 2.24) is 15.3 Å². The molecular weight excluding hydrogens is 309 g/mol. The summed E-state index contributed by atoms with van der Waals surface area (Å²) in [6.45, 7) is 3.84. The lowest BCUT2D eigenvalue weighted by atomic mass is 10.2. The maximum atomic E-state index is 13.3. The number of nitrogens with zero attached hydrogens (tertiary/aromatic N) is 2. The maximum Gasteiger partial charge on any atom is 0.159 e. The number of nitrogens with one attached hydrogen (secondary N) is 1. The third-order valence-corrected chi connectivity index (χ3v) is 3.04. The van der Waals surface area contributed by atoms with Crippen LogP contribution in [0.3, 0.4) is 0 Å². The van der Waals surface area contributed by atoms with Crippen molar-refractivity contribution in [3.05, 3.63) is 46.4 Å². The molecule has 0 fully saturated rings. The Labute approximate surface area is 120 Å². The molecule has 0 radical (unpaired) electrons. The van der Waals surface area contributed by atoms with Gasteiger partial charge in [-0.2, -0.15) is 0 Å². The van der Waals surface area contributed by atoms with Crippen molar-refractivity contribution in [1.29, 1.82) is 0 Å². The van der Waals surface area contributed by atoms with Crippen molar-refractivity contribution >= 4 is 15.9 Å². The molecule has 1 heterocycles. The van der Waals surface area contributed by atoms with Gasteiger partial charge in [0, 0.05) is 34.5 Å². The summed E-state index contributed by atoms with van der Waals surface area (Å²) < 4.78 is 14.0. The normalized spacial score (nSPS) is 10.7. The number of halogens is 2. The van der Waals surface area contributed by atoms with Crippen LogP contribution in [0.15, 0.2) is 35.1 Å². The minimum absolute atomic E-state index is 0.304. The van der Waals surface area contributed by atoms with E-state index in [4.69, 9.17) is 0 Å². The molecule has 0 atom stereocenters. The smallest absolute Gasteiger partial charge is 0.159 e. The summed E-state index contributed by atoms with van der Waals surface area (Å²) in [6, 6.07) is 4.63. The van der Waals surface area contributed by atoms with Crippen LogP contribution >= 0.6 is 15.9 Å². The fourth-order valence-corrected chi connectivity index (χ4v) is 2.15. The largest absolute Gasteiger partial charge is 0.313 e. The molecule has 0 aliphatic rings. The van der Waals surface area contributed by atoms with Crippen molar-refractivity contribution in [2.24, 2.45) is 0 Å². The Kier molecular flexibility index (Phi) is 4.99. The third kappa shape index (κ3) is 4.08. The second-order valence-electron chi connectivity index (χ2n) is 4.25. The van der Waals surface area contributed by atoms with Gasteiger partial charge in [0.15, 0.2) is 5.82 Å². The fraction of sp³-hybridized carbons (Fsp3) is 0.286. The summed E-state index contributed by atoms with van der Waals surface area (Å²) in [5.74, 6) is 0.223. The van der Waals surface area contributed by atoms with Crippen molar-refractivity contribution in [2.45, 2.75) is 19.9 Å². The van der Waals surface area contributed by atoms with E-state index in [1.165, 1.54) is 12.1 Å². The number of aromatic nitrogens is 2. The molecule has 1 aromatic heterocycles. The van der Waals surface area contributed by atoms with Crippen molar-refractivity contribution in [3.8, 4) is 11.4 Å². The zero-order valence-electron chi connectivity index (χ0n) is 10.7. The molecule has 1 aromatic carbocycles. The highest BCUT2D eigenvalue weighted by Crippen LogP contribution is 2.21. The van der Waals surface area contributed by atoms with Gasteiger partial charge in [-0.15, -0.1) is 0 Å². The zero-order valence-corrected chi connectivity index (χ0v) is 12.2. The molecule has 100 valence electrons. The first kappa shape index (κ1) is 14.1. The second kappa shape index (κ2) is 6.73. The Bertz CT molecular complexity index is 523. The van der Waals surface area contributed by atoms with Crippen LogP contribution in [0.1, 0.15) is 18.9 Å². The molecule has 0 saturated carbocycles. The van der Waals surface area contributed by atoms with Gasteiger partial charge in [0.25, 0.3) is 0 Å². The topological polar surface area (TPSA) is 37.8 Å². The highest BCUT2D eigenvalue weighted by Gasteiger charge is 2.05. The van der Waals surface area contributed by atoms with Crippen LogP contribution in [0.2, 0.25) is 0 Å². The van der Waals surface area contributed by atoms with Gasteiger partial charge in [-0.1, -0.05) is 22.9 Å². The van der Waals surface area contributed by atoms with E-state index in [1.54, 1.807) is 18.5 Å². The first-order chi connectivity index (χ1) is 9.19. The molecule has 0 amide bonds. The van der Waals surface area contributed by atoms with E-state index < -0.39 is 0 Å². The number of hydrogen-bond donors (Lipinski definition) is 1. The monoisotopic (exact) mass is 323 g/mol. The minimum Gasteiger partial charge on any atom is -0.313 e. The summed E-state index contributed by atoms with van der Waals surface area (Å²) in [6.07, 6.45) is 4.63. The van der Waals surface area contributed by atoms with E-state index in [9.17, 15) is 4.39 Å². The van der Waals surface area contributed by atoms with Gasteiger partial charge in [-0.3, -0.25) is 0 Å². The Morgan fingerprint density at radius 2 is 1.95 bits per heavy atom. The van der Waals surface area contributed by atoms with Crippen LogP contribution in [-0.2, 0) is 6.54 Å². The summed E-state index contributed by atoms with van der Waals surface area (Å²) in [5, 5.41) is 3.28. The summed E-state index contributed by atoms with van der Waals surface area (Å²) in [4.78, 5) is 8.54. The minimum atomic E-state index is -0.304. The quantitative estimate of drug-likeness (QED) is 0.855. The molecule has 0 spiro atoms. The number of benzene rings is 1. The molecule has 0 aliphatic carbocycles. The van der Waals surface area contributed by atoms with Crippen molar-refractivity contribution in [3.63, 3.8) is 0 Å². The average Bonchev–Trinajstić information content (AvgIpc) is 2.39. The Balaban J connectivity index is 2.13. The van der Waals surface area contributed by atoms with Crippen LogP contribution < -0.4 is 5.32 Å². The van der Waals surface area contributed by atoms with Crippen molar-refractivity contribution < 1.29 is 4.39 Å². The molecule has 19 heavy (non-hydrogen) atoms. The maximum absolute atomic E-state index is 13.3. The number of rotatable bonds is 5. The first-order valence-electron chi connectivity index (χ1n) is 6.17. The van der Waals surface area contributed by atoms with E-state index in [-0.39, 0.29) is 5.82 Å². The van der Waals surface area contributed by atoms with Gasteiger partial charge in [0.1, 0.15) is 5.82 Å². The van der Waals surface area contributed by atoms with Crippen molar-refractivity contribution in [2.75, 3.05) is 6.54 Å². The SMILES string of the molecule is CCCNCc1cnc(-c2cc(F)cc(Br)c2)nc1. The predicted octanol–water partition coefficient (Wildman–Crippen LogP) is 3.54. The fourth-order valence-electron chi connectivity index (χ4n) is 1.69. The lowest BCUT2D eigenvalue weighted by molar-refractivity contribution is 0.627. The summed E-state index contributed by atoms with van der Waals surface area (Å²) in [7, 11) is 0. The molecule has 0 bridgehead atoms. The van der Waals surface area contributed by atoms with Crippen LogP contribution in [-0.4, -0.2) is 16.5 Å². The first-order valence-corrected chi connectivity index (χ1v) is 6.96. The highest BCUT2D eigenvalue weighted by molar-refractivity contribution is 9.10. The van der Waals surface area contributed by atoms with Crippen LogP contribution in [0.5, 0.6) is 0 Å². The van der Waals surface area contributed by atoms with Gasteiger partial charge in [-0.25, -0.2) is 14.4 Å². The average molecular weight is 324 g/mol. The van der Waals surface area contributed by atoms with Gasteiger partial charge in [0.2, 0.25) is 0 Å². The zero-order chi connectivity index (χ0) is 13.7. The molecule has 0 aliphatic heterocycles. The van der Waals surface area contributed by atoms with Gasteiger partial charge in [0.05, 0.1) is 0 Å². The Hall–Kier alpha value is -1.33. The molecule has 0 unspecified atom stereocenters. The second-order valence-corrected chi connectivity index (χ2v) is 5.17. The van der Waals surface area contributed by atoms with Gasteiger partial charge >= 0.3 is 0 Å². The van der Waals surface area contributed by atoms with Crippen LogP contribution in [0.4, 0.5) is 4.39 Å². The lowest BCUT2D eigenvalue weighted by Gasteiger charge is -2.05. The van der Waals surface area contributed by atoms with E-state index in [2.05, 4.69) is 38.1 Å². The van der Waals surface area contributed by atoms with Crippen LogP contribution in [0.25, 0.3) is 11.4 Å². The Morgan fingerprint density at radius 1 is 1.21 bits per heavy atom. The molecule has 2 rings (SSSR count). The molecule has 1 N–H and O–H groups in total. The summed E-state index contributed by atoms with van der Waals surface area (Å²) in [5.41, 5.74) is 1.69. The molecule has 5 heteroatoms. The number of hydrogen-bond acceptors (Lipinski definition) is 3. The predicted molar refractivity (Wildman–Crippen MR) is 77.1 cm³/mol. The van der Waals surface area contributed by atoms with E-state index in [0.29, 0.717) is 15.9 Å². The standard InChI is InChI=1S/C14H15BrFN3/c1-2-3-17-7-10-8-18-14(19-9-10)11-4-12(15)6-13(16)5-11/h4-6,8-9,17H,2-3,7H2,1H3. The molecule has 0 saturated heterocycles. The van der Waals surface area contributed by atoms with E-state index in [1.807, 2.05) is 0 Å². The van der Waals surface area contributed by atoms with Crippen LogP contribution in [0, 0.1) is 5.82 Å². The summed E-state index contributed by atoms with van der Waals surface area (Å²) >= 11 is 3.26. The highest BCUT2D eigenvalue weighted by atomic mass is 79.9. The molecule has 3 nitrogen and oxygen atoms in total.